The molecule has 1 saturated carbocycles. The third-order valence-electron chi connectivity index (χ3n) is 5.46. The van der Waals surface area contributed by atoms with E-state index in [9.17, 15) is 4.79 Å². The van der Waals surface area contributed by atoms with E-state index >= 15 is 0 Å². The lowest BCUT2D eigenvalue weighted by atomic mass is 10.0. The van der Waals surface area contributed by atoms with E-state index in [0.29, 0.717) is 24.5 Å². The summed E-state index contributed by atoms with van der Waals surface area (Å²) in [5, 5.41) is 4.21. The smallest absolute Gasteiger partial charge is 0.241 e. The minimum Gasteiger partial charge on any atom is -0.312 e. The van der Waals surface area contributed by atoms with Crippen LogP contribution in [-0.4, -0.2) is 55.6 Å². The molecule has 2 fully saturated rings. The van der Waals surface area contributed by atoms with E-state index in [1.807, 2.05) is 4.68 Å². The molecule has 1 aromatic heterocycles. The van der Waals surface area contributed by atoms with Gasteiger partial charge >= 0.3 is 0 Å². The molecule has 4 rings (SSSR count). The molecule has 0 spiro atoms. The first-order valence-corrected chi connectivity index (χ1v) is 9.39. The fraction of sp³-hybridized carbons (Fsp3) is 0.722. The molecule has 2 heterocycles. The van der Waals surface area contributed by atoms with Gasteiger partial charge in [-0.25, -0.2) is 4.98 Å². The van der Waals surface area contributed by atoms with E-state index < -0.39 is 0 Å². The Kier molecular flexibility index (Phi) is 4.65. The van der Waals surface area contributed by atoms with Gasteiger partial charge in [0.05, 0.1) is 13.1 Å². The molecule has 0 N–H and O–H groups in total. The van der Waals surface area contributed by atoms with Crippen LogP contribution in [0.1, 0.15) is 51.4 Å². The maximum absolute atomic E-state index is 13.0. The van der Waals surface area contributed by atoms with Gasteiger partial charge in [-0.15, -0.1) is 0 Å². The average molecular weight is 329 g/mol. The van der Waals surface area contributed by atoms with Gasteiger partial charge in [0.25, 0.3) is 0 Å². The molecular weight excluding hydrogens is 302 g/mol. The fourth-order valence-corrected chi connectivity index (χ4v) is 4.07. The largest absolute Gasteiger partial charge is 0.312 e. The normalized spacial score (nSPS) is 24.8. The zero-order chi connectivity index (χ0) is 16.4. The van der Waals surface area contributed by atoms with Crippen molar-refractivity contribution in [2.45, 2.75) is 70.0 Å². The molecule has 2 aliphatic carbocycles. The van der Waals surface area contributed by atoms with Crippen molar-refractivity contribution in [2.75, 3.05) is 13.1 Å². The number of rotatable bonds is 6. The first-order valence-electron chi connectivity index (χ1n) is 9.39. The lowest BCUT2D eigenvalue weighted by Crippen LogP contribution is -2.44. The number of hydrogen-bond donors (Lipinski definition) is 0. The van der Waals surface area contributed by atoms with Gasteiger partial charge in [-0.2, -0.15) is 5.10 Å². The highest BCUT2D eigenvalue weighted by Gasteiger charge is 2.37. The second kappa shape index (κ2) is 7.05. The molecular formula is C18H27N5O. The zero-order valence-electron chi connectivity index (χ0n) is 14.3. The number of hydrogen-bond acceptors (Lipinski definition) is 4. The van der Waals surface area contributed by atoms with E-state index in [1.165, 1.54) is 37.8 Å². The van der Waals surface area contributed by atoms with Gasteiger partial charge in [0, 0.05) is 17.8 Å². The van der Waals surface area contributed by atoms with Crippen molar-refractivity contribution in [1.29, 1.82) is 0 Å². The molecule has 0 unspecified atom stereocenters. The summed E-state index contributed by atoms with van der Waals surface area (Å²) >= 11 is 0. The van der Waals surface area contributed by atoms with E-state index in [4.69, 9.17) is 0 Å². The molecule has 130 valence electrons. The van der Waals surface area contributed by atoms with Crippen LogP contribution in [0.15, 0.2) is 24.4 Å². The number of likely N-dealkylation sites (tertiary alicyclic amines) is 1. The van der Waals surface area contributed by atoms with Crippen LogP contribution in [0.2, 0.25) is 0 Å². The molecule has 0 aromatic carbocycles. The lowest BCUT2D eigenvalue weighted by molar-refractivity contribution is -0.131. The Morgan fingerprint density at radius 2 is 2.17 bits per heavy atom. The molecule has 1 amide bonds. The van der Waals surface area contributed by atoms with Gasteiger partial charge in [-0.1, -0.05) is 6.08 Å². The number of carbonyl (C=O) groups is 1. The quantitative estimate of drug-likeness (QED) is 0.803. The summed E-state index contributed by atoms with van der Waals surface area (Å²) in [6.45, 7) is 2.40. The van der Waals surface area contributed by atoms with Crippen molar-refractivity contribution >= 4 is 5.91 Å². The third kappa shape index (κ3) is 3.53. The number of nitrogens with zero attached hydrogens (tertiary/aromatic N) is 5. The van der Waals surface area contributed by atoms with Crippen LogP contribution in [0, 0.1) is 0 Å². The van der Waals surface area contributed by atoms with Gasteiger partial charge in [-0.05, 0) is 57.9 Å². The number of aromatic nitrogens is 3. The topological polar surface area (TPSA) is 54.3 Å². The second-order valence-corrected chi connectivity index (χ2v) is 7.32. The summed E-state index contributed by atoms with van der Waals surface area (Å²) in [7, 11) is 0. The molecule has 6 nitrogen and oxygen atoms in total. The van der Waals surface area contributed by atoms with Gasteiger partial charge in [0.2, 0.25) is 5.91 Å². The standard InChI is InChI=1S/C18H27N5O/c24-18(23(16-8-9-16)15-5-2-1-3-6-15)12-21-10-4-7-17(21)11-22-14-19-13-20-22/h5,13-14,16-17H,1-4,6-12H2/t17-/m1/s1. The number of amides is 1. The minimum absolute atomic E-state index is 0.302. The average Bonchev–Trinajstić information content (AvgIpc) is 3.11. The van der Waals surface area contributed by atoms with Gasteiger partial charge in [-0.3, -0.25) is 14.4 Å². The monoisotopic (exact) mass is 329 g/mol. The highest BCUT2D eigenvalue weighted by atomic mass is 16.2. The maximum atomic E-state index is 13.0. The Hall–Kier alpha value is -1.69. The van der Waals surface area contributed by atoms with Crippen LogP contribution in [0.25, 0.3) is 0 Å². The van der Waals surface area contributed by atoms with E-state index in [0.717, 1.165) is 32.4 Å². The van der Waals surface area contributed by atoms with Crippen molar-refractivity contribution in [3.05, 3.63) is 24.4 Å². The summed E-state index contributed by atoms with van der Waals surface area (Å²) in [5.74, 6) is 0.302. The molecule has 24 heavy (non-hydrogen) atoms. The molecule has 1 saturated heterocycles. The minimum atomic E-state index is 0.302. The van der Waals surface area contributed by atoms with Crippen molar-refractivity contribution in [2.24, 2.45) is 0 Å². The van der Waals surface area contributed by atoms with E-state index in [2.05, 4.69) is 26.0 Å². The highest BCUT2D eigenvalue weighted by Crippen LogP contribution is 2.34. The van der Waals surface area contributed by atoms with Crippen LogP contribution in [0.3, 0.4) is 0 Å². The number of carbonyl (C=O) groups excluding carboxylic acids is 1. The molecule has 6 heteroatoms. The highest BCUT2D eigenvalue weighted by molar-refractivity contribution is 5.81. The SMILES string of the molecule is O=C(CN1CCC[C@@H]1Cn1cncn1)N(C1=CCCCC1)C1CC1. The molecule has 3 aliphatic rings. The first-order chi connectivity index (χ1) is 11.8. The summed E-state index contributed by atoms with van der Waals surface area (Å²) in [6, 6.07) is 0.871. The molecule has 1 atom stereocenters. The maximum Gasteiger partial charge on any atom is 0.241 e. The number of allylic oxidation sites excluding steroid dienone is 2. The summed E-state index contributed by atoms with van der Waals surface area (Å²) in [6.07, 6.45) is 15.0. The molecule has 1 aliphatic heterocycles. The predicted octanol–water partition coefficient (Wildman–Crippen LogP) is 2.19. The predicted molar refractivity (Wildman–Crippen MR) is 91.0 cm³/mol. The van der Waals surface area contributed by atoms with Gasteiger partial charge in [0.1, 0.15) is 12.7 Å². The third-order valence-corrected chi connectivity index (χ3v) is 5.46. The van der Waals surface area contributed by atoms with Crippen LogP contribution >= 0.6 is 0 Å². The van der Waals surface area contributed by atoms with Crippen LogP contribution in [0.5, 0.6) is 0 Å². The van der Waals surface area contributed by atoms with Gasteiger partial charge in [0.15, 0.2) is 0 Å². The van der Waals surface area contributed by atoms with E-state index in [1.54, 1.807) is 12.7 Å². The Bertz CT molecular complexity index is 593. The summed E-state index contributed by atoms with van der Waals surface area (Å²) in [5.41, 5.74) is 1.29. The first kappa shape index (κ1) is 15.8. The van der Waals surface area contributed by atoms with Crippen molar-refractivity contribution in [3.8, 4) is 0 Å². The Morgan fingerprint density at radius 3 is 2.88 bits per heavy atom. The molecule has 0 radical (unpaired) electrons. The molecule has 1 aromatic rings. The van der Waals surface area contributed by atoms with Crippen LogP contribution in [0.4, 0.5) is 0 Å². The zero-order valence-corrected chi connectivity index (χ0v) is 14.3. The van der Waals surface area contributed by atoms with Crippen molar-refractivity contribution < 1.29 is 4.79 Å². The lowest BCUT2D eigenvalue weighted by Gasteiger charge is -2.31. The Labute approximate surface area is 143 Å². The van der Waals surface area contributed by atoms with E-state index in [-0.39, 0.29) is 0 Å². The Balaban J connectivity index is 1.40. The fourth-order valence-electron chi connectivity index (χ4n) is 4.07. The second-order valence-electron chi connectivity index (χ2n) is 7.32. The van der Waals surface area contributed by atoms with Crippen LogP contribution < -0.4 is 0 Å². The summed E-state index contributed by atoms with van der Waals surface area (Å²) < 4.78 is 1.88. The van der Waals surface area contributed by atoms with Crippen molar-refractivity contribution in [3.63, 3.8) is 0 Å². The summed E-state index contributed by atoms with van der Waals surface area (Å²) in [4.78, 5) is 21.6. The van der Waals surface area contributed by atoms with Crippen molar-refractivity contribution in [1.82, 2.24) is 24.6 Å². The van der Waals surface area contributed by atoms with Crippen LogP contribution in [-0.2, 0) is 11.3 Å². The van der Waals surface area contributed by atoms with Gasteiger partial charge < -0.3 is 4.90 Å². The Morgan fingerprint density at radius 1 is 1.25 bits per heavy atom. The molecule has 0 bridgehead atoms.